The van der Waals surface area contributed by atoms with Gasteiger partial charge in [-0.05, 0) is 73.0 Å². The van der Waals surface area contributed by atoms with Crippen molar-refractivity contribution < 1.29 is 36.5 Å². The van der Waals surface area contributed by atoms with Gasteiger partial charge >= 0.3 is 13.3 Å². The van der Waals surface area contributed by atoms with Crippen LogP contribution in [-0.4, -0.2) is 57.6 Å². The highest BCUT2D eigenvalue weighted by atomic mass is 35.5. The van der Waals surface area contributed by atoms with Gasteiger partial charge in [-0.2, -0.15) is 4.39 Å². The van der Waals surface area contributed by atoms with Gasteiger partial charge in [-0.15, -0.1) is 4.20 Å². The van der Waals surface area contributed by atoms with E-state index in [1.54, 1.807) is 7.11 Å². The molecule has 188 valence electrons. The van der Waals surface area contributed by atoms with Crippen molar-refractivity contribution in [3.05, 3.63) is 59.7 Å². The molecule has 0 saturated heterocycles. The molecule has 0 fully saturated rings. The molecule has 0 aromatic heterocycles. The van der Waals surface area contributed by atoms with Crippen LogP contribution in [0, 0.1) is 0 Å². The Hall–Kier alpha value is -2.23. The highest BCUT2D eigenvalue weighted by Crippen LogP contribution is 2.50. The molecule has 12 heteroatoms. The topological polar surface area (TPSA) is 78.8 Å². The molecule has 0 bridgehead atoms. The van der Waals surface area contributed by atoms with E-state index in [0.717, 1.165) is 29.7 Å². The molecule has 0 amide bonds. The maximum Gasteiger partial charge on any atom is 0.592 e. The Kier molecular flexibility index (Phi) is 11.7. The summed E-state index contributed by atoms with van der Waals surface area (Å²) < 4.78 is 62.2. The van der Waals surface area contributed by atoms with E-state index in [1.165, 1.54) is 0 Å². The Morgan fingerprint density at radius 1 is 1.18 bits per heavy atom. The number of methoxy groups -OCH3 is 1. The molecule has 0 spiro atoms. The average Bonchev–Trinajstić information content (AvgIpc) is 2.80. The molecule has 0 radical (unpaired) electrons. The lowest BCUT2D eigenvalue weighted by atomic mass is 10.0. The third kappa shape index (κ3) is 10.8. The molecule has 0 aliphatic rings. The SMILES string of the molecule is COc1cccc(CCc2ccccc2OCC(CN(C)C)OCO[P@](=O)(F)O/N=C(\F)Cl)c1. The number of rotatable bonds is 15. The summed E-state index contributed by atoms with van der Waals surface area (Å²) in [5, 5.41) is 2.43. The predicted molar refractivity (Wildman–Crippen MR) is 126 cm³/mol. The summed E-state index contributed by atoms with van der Waals surface area (Å²) in [5.74, 6) is 1.49. The minimum atomic E-state index is -5.17. The number of hydrogen-bond donors (Lipinski definition) is 0. The van der Waals surface area contributed by atoms with E-state index in [4.69, 9.17) is 25.8 Å². The first-order valence-electron chi connectivity index (χ1n) is 10.3. The smallest absolute Gasteiger partial charge is 0.497 e. The van der Waals surface area contributed by atoms with Gasteiger partial charge in [-0.3, -0.25) is 4.62 Å². The second-order valence-electron chi connectivity index (χ2n) is 7.41. The fraction of sp³-hybridized carbons (Fsp3) is 0.409. The lowest BCUT2D eigenvalue weighted by Gasteiger charge is -2.22. The zero-order valence-electron chi connectivity index (χ0n) is 19.2. The van der Waals surface area contributed by atoms with Crippen LogP contribution in [0.3, 0.4) is 0 Å². The molecular formula is C22H28ClF2N2O6P. The highest BCUT2D eigenvalue weighted by molar-refractivity contribution is 7.48. The molecule has 1 unspecified atom stereocenters. The lowest BCUT2D eigenvalue weighted by Crippen LogP contribution is -2.34. The first-order valence-corrected chi connectivity index (χ1v) is 12.1. The summed E-state index contributed by atoms with van der Waals surface area (Å²) in [5.41, 5.74) is 0.524. The Morgan fingerprint density at radius 3 is 2.65 bits per heavy atom. The Morgan fingerprint density at radius 2 is 1.94 bits per heavy atom. The number of nitrogens with zero attached hydrogens (tertiary/aromatic N) is 2. The van der Waals surface area contributed by atoms with Gasteiger partial charge in [0.05, 0.1) is 7.11 Å². The number of aryl methyl sites for hydroxylation is 2. The fourth-order valence-electron chi connectivity index (χ4n) is 2.99. The second-order valence-corrected chi connectivity index (χ2v) is 9.01. The van der Waals surface area contributed by atoms with E-state index in [1.807, 2.05) is 67.5 Å². The number of halogens is 3. The van der Waals surface area contributed by atoms with Crippen molar-refractivity contribution in [2.45, 2.75) is 18.9 Å². The maximum absolute atomic E-state index is 13.6. The third-order valence-electron chi connectivity index (χ3n) is 4.50. The van der Waals surface area contributed by atoms with Gasteiger partial charge in [-0.1, -0.05) is 30.3 Å². The molecule has 0 aliphatic heterocycles. The molecule has 0 heterocycles. The van der Waals surface area contributed by atoms with Crippen LogP contribution >= 0.6 is 19.5 Å². The van der Waals surface area contributed by atoms with Crippen LogP contribution in [0.1, 0.15) is 11.1 Å². The van der Waals surface area contributed by atoms with E-state index in [2.05, 4.69) is 14.3 Å². The molecule has 8 nitrogen and oxygen atoms in total. The number of benzene rings is 2. The monoisotopic (exact) mass is 520 g/mol. The van der Waals surface area contributed by atoms with E-state index in [-0.39, 0.29) is 6.61 Å². The van der Waals surface area contributed by atoms with E-state index in [0.29, 0.717) is 12.3 Å². The van der Waals surface area contributed by atoms with Crippen molar-refractivity contribution >= 4 is 24.9 Å². The summed E-state index contributed by atoms with van der Waals surface area (Å²) in [6.07, 6.45) is 0.973. The van der Waals surface area contributed by atoms with Gasteiger partial charge in [0.1, 0.15) is 24.2 Å². The summed E-state index contributed by atoms with van der Waals surface area (Å²) in [4.78, 5) is 1.83. The van der Waals surface area contributed by atoms with Crippen LogP contribution in [0.2, 0.25) is 0 Å². The van der Waals surface area contributed by atoms with Crippen LogP contribution in [0.25, 0.3) is 0 Å². The van der Waals surface area contributed by atoms with Gasteiger partial charge in [0.2, 0.25) is 0 Å². The van der Waals surface area contributed by atoms with Crippen molar-refractivity contribution in [2.24, 2.45) is 5.16 Å². The highest BCUT2D eigenvalue weighted by Gasteiger charge is 2.27. The molecule has 0 N–H and O–H groups in total. The van der Waals surface area contributed by atoms with E-state index in [9.17, 15) is 13.2 Å². The van der Waals surface area contributed by atoms with Crippen LogP contribution < -0.4 is 9.47 Å². The van der Waals surface area contributed by atoms with Crippen LogP contribution in [0.5, 0.6) is 11.5 Å². The standard InChI is InChI=1S/C22H28ClF2N2O6P/c1-27(2)14-20(31-16-32-34(25,28)33-26-22(23)24)15-30-21-10-5-4-8-18(21)12-11-17-7-6-9-19(13-17)29-3/h4-10,13,20H,11-12,14-16H2,1-3H3/b26-22-/t20?,34-/m1/s1. The lowest BCUT2D eigenvalue weighted by molar-refractivity contribution is -0.0685. The molecule has 0 aliphatic carbocycles. The second kappa shape index (κ2) is 14.2. The van der Waals surface area contributed by atoms with Gasteiger partial charge < -0.3 is 19.1 Å². The summed E-state index contributed by atoms with van der Waals surface area (Å²) >= 11 is 4.76. The minimum Gasteiger partial charge on any atom is -0.497 e. The van der Waals surface area contributed by atoms with Gasteiger partial charge in [-0.25, -0.2) is 9.09 Å². The molecular weight excluding hydrogens is 493 g/mol. The summed E-state index contributed by atoms with van der Waals surface area (Å²) in [7, 11) is 0.105. The van der Waals surface area contributed by atoms with Crippen molar-refractivity contribution in [3.8, 4) is 11.5 Å². The summed E-state index contributed by atoms with van der Waals surface area (Å²) in [6, 6.07) is 15.5. The van der Waals surface area contributed by atoms with Crippen LogP contribution in [0.15, 0.2) is 53.7 Å². The van der Waals surface area contributed by atoms with E-state index < -0.39 is 26.2 Å². The molecule has 0 saturated carbocycles. The van der Waals surface area contributed by atoms with Crippen LogP contribution in [0.4, 0.5) is 8.59 Å². The Balaban J connectivity index is 1.94. The molecule has 34 heavy (non-hydrogen) atoms. The first-order chi connectivity index (χ1) is 16.2. The van der Waals surface area contributed by atoms with Crippen molar-refractivity contribution in [3.63, 3.8) is 0 Å². The molecule has 2 atom stereocenters. The van der Waals surface area contributed by atoms with Crippen LogP contribution in [-0.2, 0) is 31.3 Å². The number of oxime groups is 1. The number of hydrogen-bond acceptors (Lipinski definition) is 8. The maximum atomic E-state index is 13.6. The average molecular weight is 521 g/mol. The number of ether oxygens (including phenoxy) is 3. The van der Waals surface area contributed by atoms with Gasteiger partial charge in [0.25, 0.3) is 0 Å². The fourth-order valence-corrected chi connectivity index (χ4v) is 3.48. The number of para-hydroxylation sites is 1. The van der Waals surface area contributed by atoms with Gasteiger partial charge in [0, 0.05) is 6.54 Å². The molecule has 2 aromatic carbocycles. The zero-order valence-corrected chi connectivity index (χ0v) is 20.8. The largest absolute Gasteiger partial charge is 0.592 e. The van der Waals surface area contributed by atoms with Crippen molar-refractivity contribution in [1.29, 1.82) is 0 Å². The minimum absolute atomic E-state index is 0.115. The summed E-state index contributed by atoms with van der Waals surface area (Å²) in [6.45, 7) is -0.211. The van der Waals surface area contributed by atoms with Gasteiger partial charge in [0.15, 0.2) is 6.79 Å². The van der Waals surface area contributed by atoms with Crippen molar-refractivity contribution in [2.75, 3.05) is 41.1 Å². The Labute approximate surface area is 203 Å². The zero-order chi connectivity index (χ0) is 25.0. The molecule has 2 rings (SSSR count). The molecule has 2 aromatic rings. The normalized spacial score (nSPS) is 14.5. The number of likely N-dealkylation sites (N-methyl/N-ethyl adjacent to an activating group) is 1. The first kappa shape index (κ1) is 28.0. The van der Waals surface area contributed by atoms with Crippen molar-refractivity contribution in [1.82, 2.24) is 4.90 Å². The quantitative estimate of drug-likeness (QED) is 0.135. The Bertz CT molecular complexity index is 978. The predicted octanol–water partition coefficient (Wildman–Crippen LogP) is 5.35. The third-order valence-corrected chi connectivity index (χ3v) is 5.26. The van der Waals surface area contributed by atoms with E-state index >= 15 is 0 Å².